The van der Waals surface area contributed by atoms with Crippen LogP contribution in [0.5, 0.6) is 0 Å². The second-order valence-electron chi connectivity index (χ2n) is 5.54. The largest absolute Gasteiger partial charge is 0.388 e. The lowest BCUT2D eigenvalue weighted by molar-refractivity contribution is 0.0658. The molecule has 0 saturated carbocycles. The molecular weight excluding hydrogens is 325 g/mol. The average Bonchev–Trinajstić information content (AvgIpc) is 2.88. The molecule has 0 aliphatic carbocycles. The van der Waals surface area contributed by atoms with Gasteiger partial charge in [-0.1, -0.05) is 0 Å². The number of halogens is 1. The topological polar surface area (TPSA) is 66.4 Å². The van der Waals surface area contributed by atoms with Crippen molar-refractivity contribution in [2.24, 2.45) is 0 Å². The second kappa shape index (κ2) is 6.45. The van der Waals surface area contributed by atoms with Crippen LogP contribution in [0, 0.1) is 12.7 Å². The normalized spacial score (nSPS) is 14.7. The van der Waals surface area contributed by atoms with Crippen molar-refractivity contribution in [2.75, 3.05) is 6.54 Å². The molecule has 0 amide bonds. The van der Waals surface area contributed by atoms with Gasteiger partial charge >= 0.3 is 0 Å². The Kier molecular flexibility index (Phi) is 5.01. The number of aryl methyl sites for hydroxylation is 1. The average molecular weight is 343 g/mol. The predicted molar refractivity (Wildman–Crippen MR) is 85.0 cm³/mol. The van der Waals surface area contributed by atoms with Crippen molar-refractivity contribution in [2.45, 2.75) is 30.8 Å². The maximum atomic E-state index is 13.1. The third kappa shape index (κ3) is 4.36. The van der Waals surface area contributed by atoms with Crippen molar-refractivity contribution < 1.29 is 17.9 Å². The van der Waals surface area contributed by atoms with Crippen molar-refractivity contribution in [3.63, 3.8) is 0 Å². The van der Waals surface area contributed by atoms with E-state index in [1.54, 1.807) is 6.92 Å². The summed E-state index contributed by atoms with van der Waals surface area (Å²) in [6, 6.07) is 5.38. The minimum absolute atomic E-state index is 0.0141. The smallest absolute Gasteiger partial charge is 0.240 e. The highest BCUT2D eigenvalue weighted by molar-refractivity contribution is 7.89. The maximum Gasteiger partial charge on any atom is 0.240 e. The van der Waals surface area contributed by atoms with E-state index in [1.165, 1.54) is 24.3 Å². The molecule has 2 N–H and O–H groups in total. The summed E-state index contributed by atoms with van der Waals surface area (Å²) in [5.41, 5.74) is 0.0689. The lowest BCUT2D eigenvalue weighted by atomic mass is 9.99. The molecule has 2 aromatic rings. The van der Waals surface area contributed by atoms with Crippen LogP contribution in [0.1, 0.15) is 18.1 Å². The summed E-state index contributed by atoms with van der Waals surface area (Å²) in [4.78, 5) is 0.0141. The van der Waals surface area contributed by atoms with Crippen LogP contribution in [0.25, 0.3) is 0 Å². The zero-order chi connectivity index (χ0) is 16.4. The van der Waals surface area contributed by atoms with Crippen LogP contribution in [0.3, 0.4) is 0 Å². The fourth-order valence-corrected chi connectivity index (χ4v) is 4.19. The fourth-order valence-electron chi connectivity index (χ4n) is 2.14. The van der Waals surface area contributed by atoms with E-state index < -0.39 is 21.4 Å². The molecule has 0 fully saturated rings. The Bertz CT molecular complexity index is 740. The van der Waals surface area contributed by atoms with E-state index in [2.05, 4.69) is 4.72 Å². The SMILES string of the molecule is Cc1cc(F)ccc1S(=O)(=O)NCC(C)(O)Cc1ccsc1. The van der Waals surface area contributed by atoms with E-state index >= 15 is 0 Å². The van der Waals surface area contributed by atoms with Gasteiger partial charge in [0.2, 0.25) is 10.0 Å². The molecule has 1 atom stereocenters. The molecule has 0 aliphatic rings. The first-order valence-corrected chi connectivity index (χ1v) is 9.11. The maximum absolute atomic E-state index is 13.1. The Balaban J connectivity index is 2.08. The molecule has 120 valence electrons. The van der Waals surface area contributed by atoms with Crippen LogP contribution in [0.2, 0.25) is 0 Å². The van der Waals surface area contributed by atoms with Crippen molar-refractivity contribution in [3.05, 3.63) is 52.0 Å². The molecule has 1 unspecified atom stereocenters. The Morgan fingerprint density at radius 3 is 2.68 bits per heavy atom. The summed E-state index contributed by atoms with van der Waals surface area (Å²) in [5, 5.41) is 14.1. The first-order chi connectivity index (χ1) is 10.2. The van der Waals surface area contributed by atoms with E-state index in [0.717, 1.165) is 17.7 Å². The summed E-state index contributed by atoms with van der Waals surface area (Å²) in [6.07, 6.45) is 0.349. The standard InChI is InChI=1S/C15H18FNO3S2/c1-11-7-13(16)3-4-14(11)22(19,20)17-10-15(2,18)8-12-5-6-21-9-12/h3-7,9,17-18H,8,10H2,1-2H3. The van der Waals surface area contributed by atoms with Gasteiger partial charge in [0.05, 0.1) is 10.5 Å². The third-order valence-electron chi connectivity index (χ3n) is 3.23. The Hall–Kier alpha value is -1.28. The molecule has 0 spiro atoms. The van der Waals surface area contributed by atoms with Crippen LogP contribution in [0.15, 0.2) is 39.9 Å². The molecule has 0 radical (unpaired) electrons. The lowest BCUT2D eigenvalue weighted by Crippen LogP contribution is -2.42. The number of hydrogen-bond acceptors (Lipinski definition) is 4. The molecule has 7 heteroatoms. The van der Waals surface area contributed by atoms with Crippen LogP contribution in [-0.2, 0) is 16.4 Å². The Labute approximate surface area is 133 Å². The van der Waals surface area contributed by atoms with E-state index in [-0.39, 0.29) is 11.4 Å². The van der Waals surface area contributed by atoms with Crippen LogP contribution in [-0.4, -0.2) is 25.7 Å². The zero-order valence-electron chi connectivity index (χ0n) is 12.3. The van der Waals surface area contributed by atoms with Gasteiger partial charge < -0.3 is 5.11 Å². The molecule has 1 heterocycles. The van der Waals surface area contributed by atoms with Crippen molar-refractivity contribution >= 4 is 21.4 Å². The highest BCUT2D eigenvalue weighted by Gasteiger charge is 2.25. The summed E-state index contributed by atoms with van der Waals surface area (Å²) in [5.74, 6) is -0.485. The Morgan fingerprint density at radius 2 is 2.09 bits per heavy atom. The summed E-state index contributed by atoms with van der Waals surface area (Å²) < 4.78 is 40.0. The van der Waals surface area contributed by atoms with Gasteiger partial charge in [0.25, 0.3) is 0 Å². The van der Waals surface area contributed by atoms with E-state index in [0.29, 0.717) is 12.0 Å². The second-order valence-corrected chi connectivity index (χ2v) is 8.06. The number of thiophene rings is 1. The van der Waals surface area contributed by atoms with Gasteiger partial charge in [-0.25, -0.2) is 17.5 Å². The van der Waals surface area contributed by atoms with Gasteiger partial charge in [0.15, 0.2) is 0 Å². The van der Waals surface area contributed by atoms with Gasteiger partial charge in [-0.2, -0.15) is 11.3 Å². The van der Waals surface area contributed by atoms with Crippen molar-refractivity contribution in [1.29, 1.82) is 0 Å². The summed E-state index contributed by atoms with van der Waals surface area (Å²) >= 11 is 1.52. The molecule has 1 aromatic heterocycles. The first kappa shape index (κ1) is 17.1. The van der Waals surface area contributed by atoms with Crippen molar-refractivity contribution in [3.8, 4) is 0 Å². The van der Waals surface area contributed by atoms with Crippen LogP contribution >= 0.6 is 11.3 Å². The van der Waals surface area contributed by atoms with Crippen LogP contribution in [0.4, 0.5) is 4.39 Å². The molecule has 0 bridgehead atoms. The zero-order valence-corrected chi connectivity index (χ0v) is 14.0. The fraction of sp³-hybridized carbons (Fsp3) is 0.333. The summed E-state index contributed by atoms with van der Waals surface area (Å²) in [6.45, 7) is 2.98. The monoisotopic (exact) mass is 343 g/mol. The van der Waals surface area contributed by atoms with Gasteiger partial charge in [0, 0.05) is 13.0 Å². The highest BCUT2D eigenvalue weighted by Crippen LogP contribution is 2.18. The molecule has 22 heavy (non-hydrogen) atoms. The molecule has 2 rings (SSSR count). The number of sulfonamides is 1. The first-order valence-electron chi connectivity index (χ1n) is 6.69. The van der Waals surface area contributed by atoms with E-state index in [4.69, 9.17) is 0 Å². The molecule has 0 saturated heterocycles. The van der Waals surface area contributed by atoms with Gasteiger partial charge in [-0.05, 0) is 60.0 Å². The van der Waals surface area contributed by atoms with E-state index in [9.17, 15) is 17.9 Å². The summed E-state index contributed by atoms with van der Waals surface area (Å²) in [7, 11) is -3.79. The van der Waals surface area contributed by atoms with Crippen LogP contribution < -0.4 is 4.72 Å². The molecular formula is C15H18FNO3S2. The predicted octanol–water partition coefficient (Wildman–Crippen LogP) is 2.47. The lowest BCUT2D eigenvalue weighted by Gasteiger charge is -2.23. The number of aliphatic hydroxyl groups is 1. The van der Waals surface area contributed by atoms with Crippen molar-refractivity contribution in [1.82, 2.24) is 4.72 Å². The molecule has 4 nitrogen and oxygen atoms in total. The quantitative estimate of drug-likeness (QED) is 0.847. The number of benzene rings is 1. The van der Waals surface area contributed by atoms with E-state index in [1.807, 2.05) is 16.8 Å². The minimum Gasteiger partial charge on any atom is -0.388 e. The molecule has 1 aromatic carbocycles. The van der Waals surface area contributed by atoms with Gasteiger partial charge in [-0.3, -0.25) is 0 Å². The third-order valence-corrected chi connectivity index (χ3v) is 5.53. The number of rotatable bonds is 6. The Morgan fingerprint density at radius 1 is 1.36 bits per heavy atom. The van der Waals surface area contributed by atoms with Gasteiger partial charge in [0.1, 0.15) is 5.82 Å². The number of hydrogen-bond donors (Lipinski definition) is 2. The van der Waals surface area contributed by atoms with Gasteiger partial charge in [-0.15, -0.1) is 0 Å². The highest BCUT2D eigenvalue weighted by atomic mass is 32.2. The number of nitrogens with one attached hydrogen (secondary N) is 1. The minimum atomic E-state index is -3.79. The molecule has 0 aliphatic heterocycles.